The Morgan fingerprint density at radius 3 is 0.885 bits per heavy atom. The van der Waals surface area contributed by atoms with E-state index in [1.165, 1.54) is 29.2 Å². The first-order valence-corrected chi connectivity index (χ1v) is 17.7. The summed E-state index contributed by atoms with van der Waals surface area (Å²) >= 11 is 11.9. The molecule has 0 atom stereocenters. The second-order valence-corrected chi connectivity index (χ2v) is 13.9. The van der Waals surface area contributed by atoms with E-state index < -0.39 is 10.5 Å². The number of hydrogen-bond donors (Lipinski definition) is 1. The number of rotatable bonds is 8. The van der Waals surface area contributed by atoms with Crippen LogP contribution in [0.15, 0.2) is 146 Å². The predicted molar refractivity (Wildman–Crippen MR) is 215 cm³/mol. The Labute approximate surface area is 318 Å². The quantitative estimate of drug-likeness (QED) is 0.0961. The number of methoxy groups -OCH3 is 2. The molecule has 0 spiro atoms. The third kappa shape index (κ3) is 9.71. The Morgan fingerprint density at radius 2 is 0.654 bits per heavy atom. The normalized spacial score (nSPS) is 11.0. The van der Waals surface area contributed by atoms with E-state index in [2.05, 4.69) is 74.0 Å². The molecule has 0 aliphatic heterocycles. The molecule has 52 heavy (non-hydrogen) atoms. The summed E-state index contributed by atoms with van der Waals surface area (Å²) in [5.74, 6) is 1.60. The third-order valence-electron chi connectivity index (χ3n) is 8.83. The van der Waals surface area contributed by atoms with Crippen molar-refractivity contribution < 1.29 is 19.4 Å². The second-order valence-electron chi connectivity index (χ2n) is 12.8. The summed E-state index contributed by atoms with van der Waals surface area (Å²) in [6, 6.07) is 48.4. The molecular weight excluding hydrogens is 687 g/mol. The molecule has 0 bridgehead atoms. The minimum absolute atomic E-state index is 0.361. The molecule has 0 heterocycles. The van der Waals surface area contributed by atoms with Crippen molar-refractivity contribution in [2.75, 3.05) is 14.2 Å². The number of carbonyl (C=O) groups excluding carboxylic acids is 1. The summed E-state index contributed by atoms with van der Waals surface area (Å²) in [4.78, 5) is 8.48. The predicted octanol–water partition coefficient (Wildman–Crippen LogP) is 11.2. The van der Waals surface area contributed by atoms with E-state index in [0.29, 0.717) is 0 Å². The van der Waals surface area contributed by atoms with Gasteiger partial charge >= 0.3 is 0 Å². The molecule has 0 saturated heterocycles. The zero-order valence-corrected chi connectivity index (χ0v) is 32.3. The van der Waals surface area contributed by atoms with Crippen molar-refractivity contribution >= 4 is 28.4 Å². The highest BCUT2D eigenvalue weighted by Gasteiger charge is 2.35. The van der Waals surface area contributed by atoms with Gasteiger partial charge in [-0.2, -0.15) is 0 Å². The van der Waals surface area contributed by atoms with Crippen molar-refractivity contribution in [1.82, 2.24) is 0 Å². The Kier molecular flexibility index (Phi) is 13.9. The minimum atomic E-state index is -1.20. The van der Waals surface area contributed by atoms with Gasteiger partial charge in [-0.15, -0.1) is 11.6 Å². The number of benzene rings is 6. The van der Waals surface area contributed by atoms with Gasteiger partial charge in [-0.25, -0.2) is 0 Å². The van der Waals surface area contributed by atoms with Gasteiger partial charge in [0.15, 0.2) is 0 Å². The van der Waals surface area contributed by atoms with Gasteiger partial charge in [0.25, 0.3) is 0 Å². The molecule has 6 aromatic carbocycles. The van der Waals surface area contributed by atoms with Crippen LogP contribution < -0.4 is 9.47 Å². The zero-order valence-electron chi connectivity index (χ0n) is 30.8. The van der Waals surface area contributed by atoms with E-state index >= 15 is 0 Å². The Bertz CT molecular complexity index is 1760. The molecule has 0 aliphatic carbocycles. The molecule has 6 rings (SSSR count). The number of halogens is 2. The van der Waals surface area contributed by atoms with Crippen molar-refractivity contribution in [2.24, 2.45) is 0 Å². The van der Waals surface area contributed by atoms with Gasteiger partial charge < -0.3 is 14.6 Å². The van der Waals surface area contributed by atoms with E-state index in [9.17, 15) is 9.90 Å². The number of ether oxygens (including phenoxy) is 2. The van der Waals surface area contributed by atoms with Crippen molar-refractivity contribution in [3.8, 4) is 11.5 Å². The number of hydrogen-bond acceptors (Lipinski definition) is 4. The lowest BCUT2D eigenvalue weighted by Gasteiger charge is -2.30. The van der Waals surface area contributed by atoms with Crippen molar-refractivity contribution in [3.63, 3.8) is 0 Å². The van der Waals surface area contributed by atoms with Crippen molar-refractivity contribution in [1.29, 1.82) is 0 Å². The van der Waals surface area contributed by atoms with Gasteiger partial charge in [-0.05, 0) is 96.9 Å². The summed E-state index contributed by atoms with van der Waals surface area (Å²) in [6.45, 7) is 9.55. The molecule has 6 aromatic rings. The van der Waals surface area contributed by atoms with Gasteiger partial charge in [0, 0.05) is 6.92 Å². The van der Waals surface area contributed by atoms with E-state index in [4.69, 9.17) is 21.1 Å². The number of carbonyl (C=O) groups is 1. The first-order valence-electron chi connectivity index (χ1n) is 17.0. The van der Waals surface area contributed by atoms with Crippen LogP contribution >= 0.6 is 23.2 Å². The van der Waals surface area contributed by atoms with E-state index in [1.807, 2.05) is 111 Å². The van der Waals surface area contributed by atoms with Crippen LogP contribution in [0.1, 0.15) is 62.6 Å². The highest BCUT2D eigenvalue weighted by Crippen LogP contribution is 2.44. The second kappa shape index (κ2) is 18.1. The molecule has 0 unspecified atom stereocenters. The molecule has 4 nitrogen and oxygen atoms in total. The summed E-state index contributed by atoms with van der Waals surface area (Å²) in [6.07, 6.45) is 0. The molecule has 0 aliphatic rings. The van der Waals surface area contributed by atoms with E-state index in [-0.39, 0.29) is 5.24 Å². The Hall–Kier alpha value is -4.87. The summed E-state index contributed by atoms with van der Waals surface area (Å²) in [7, 11) is 3.31. The van der Waals surface area contributed by atoms with Gasteiger partial charge in [0.05, 0.1) is 14.2 Å². The molecule has 0 fully saturated rings. The maximum Gasteiger partial charge on any atom is 0.218 e. The molecule has 268 valence electrons. The largest absolute Gasteiger partial charge is 0.497 e. The third-order valence-corrected chi connectivity index (χ3v) is 9.49. The SMILES string of the molecule is CC(=O)Cl.COc1ccc(C(Cl)(c2ccc(C)cc2)c2ccc(C)cc2)cc1.COc1ccc(C(O)(c2ccc(C)cc2)c2ccc(C)cc2)cc1. The van der Waals surface area contributed by atoms with Crippen LogP contribution in [-0.4, -0.2) is 24.6 Å². The highest BCUT2D eigenvalue weighted by molar-refractivity contribution is 6.62. The first kappa shape index (κ1) is 39.9. The van der Waals surface area contributed by atoms with Crippen LogP contribution in [0.2, 0.25) is 0 Å². The summed E-state index contributed by atoms with van der Waals surface area (Å²) < 4.78 is 10.5. The van der Waals surface area contributed by atoms with E-state index in [0.717, 1.165) is 44.9 Å². The van der Waals surface area contributed by atoms with Crippen LogP contribution in [0, 0.1) is 27.7 Å². The zero-order chi connectivity index (χ0) is 37.9. The monoisotopic (exact) mass is 732 g/mol. The number of aliphatic hydroxyl groups is 1. The van der Waals surface area contributed by atoms with Crippen LogP contribution in [-0.2, 0) is 15.3 Å². The van der Waals surface area contributed by atoms with Crippen LogP contribution in [0.5, 0.6) is 11.5 Å². The molecule has 0 amide bonds. The van der Waals surface area contributed by atoms with E-state index in [1.54, 1.807) is 14.2 Å². The number of aryl methyl sites for hydroxylation is 4. The van der Waals surface area contributed by atoms with Crippen LogP contribution in [0.25, 0.3) is 0 Å². The maximum atomic E-state index is 11.7. The Balaban J connectivity index is 0.000000211. The molecule has 6 heteroatoms. The highest BCUT2D eigenvalue weighted by atomic mass is 35.5. The van der Waals surface area contributed by atoms with Gasteiger partial charge in [-0.3, -0.25) is 4.79 Å². The molecule has 0 radical (unpaired) electrons. The smallest absolute Gasteiger partial charge is 0.218 e. The van der Waals surface area contributed by atoms with Gasteiger partial charge in [0.2, 0.25) is 5.24 Å². The molecule has 0 aromatic heterocycles. The fourth-order valence-corrected chi connectivity index (χ4v) is 6.19. The molecule has 0 saturated carbocycles. The maximum absolute atomic E-state index is 11.7. The van der Waals surface area contributed by atoms with Gasteiger partial charge in [0.1, 0.15) is 22.0 Å². The molecule has 1 N–H and O–H groups in total. The summed E-state index contributed by atoms with van der Waals surface area (Å²) in [5, 5.41) is 11.4. The number of alkyl halides is 1. The van der Waals surface area contributed by atoms with Crippen LogP contribution in [0.3, 0.4) is 0 Å². The standard InChI is InChI=1S/C22H21ClO.C22H22O2.C2H3ClO/c2*1-16-4-8-18(9-5-16)22(23,19-10-6-17(2)7-11-19)20-12-14-21(24-3)15-13-20;1-2(3)4/h4-15H,1-3H3;4-15,23H,1-3H3;1H3. The van der Waals surface area contributed by atoms with Crippen LogP contribution in [0.4, 0.5) is 0 Å². The summed E-state index contributed by atoms with van der Waals surface area (Å²) in [5.41, 5.74) is 9.23. The fourth-order valence-electron chi connectivity index (χ4n) is 5.81. The topological polar surface area (TPSA) is 55.8 Å². The minimum Gasteiger partial charge on any atom is -0.497 e. The van der Waals surface area contributed by atoms with Crippen molar-refractivity contribution in [3.05, 3.63) is 201 Å². The lowest BCUT2D eigenvalue weighted by atomic mass is 9.80. The fraction of sp³-hybridized carbons (Fsp3) is 0.196. The lowest BCUT2D eigenvalue weighted by Crippen LogP contribution is -2.28. The van der Waals surface area contributed by atoms with Crippen molar-refractivity contribution in [2.45, 2.75) is 45.1 Å². The molecular formula is C46H46Cl2O4. The average Bonchev–Trinajstić information content (AvgIpc) is 3.15. The van der Waals surface area contributed by atoms with Gasteiger partial charge in [-0.1, -0.05) is 144 Å². The average molecular weight is 734 g/mol. The first-order chi connectivity index (χ1) is 24.8. The Morgan fingerprint density at radius 1 is 0.462 bits per heavy atom. The lowest BCUT2D eigenvalue weighted by molar-refractivity contribution is -0.109.